The Morgan fingerprint density at radius 2 is 2.20 bits per heavy atom. The molecule has 0 saturated carbocycles. The first-order valence-electron chi connectivity index (χ1n) is 3.90. The van der Waals surface area contributed by atoms with Crippen LogP contribution in [0.5, 0.6) is 0 Å². The fourth-order valence-corrected chi connectivity index (χ4v) is 1.30. The molecule has 1 heterocycles. The van der Waals surface area contributed by atoms with Gasteiger partial charge < -0.3 is 5.73 Å². The van der Waals surface area contributed by atoms with Gasteiger partial charge >= 0.3 is 0 Å². The highest BCUT2D eigenvalue weighted by Gasteiger charge is 2.20. The molecule has 0 aliphatic carbocycles. The average Bonchev–Trinajstić information content (AvgIpc) is 1.85. The van der Waals surface area contributed by atoms with Gasteiger partial charge in [0.05, 0.1) is 0 Å². The maximum atomic E-state index is 5.30. The largest absolute Gasteiger partial charge is 0.327 e. The Morgan fingerprint density at radius 3 is 2.70 bits per heavy atom. The Bertz CT molecular complexity index is 114. The first-order chi connectivity index (χ1) is 4.83. The molecule has 1 aliphatic rings. The molecule has 0 aromatic rings. The molecule has 1 aliphatic heterocycles. The molecular formula is C8H16N2. The number of likely N-dealkylation sites (tertiary alicyclic amines) is 1. The first-order valence-corrected chi connectivity index (χ1v) is 3.90. The van der Waals surface area contributed by atoms with Crippen molar-refractivity contribution in [2.24, 2.45) is 11.7 Å². The van der Waals surface area contributed by atoms with Gasteiger partial charge in [-0.05, 0) is 5.92 Å². The van der Waals surface area contributed by atoms with Crippen LogP contribution >= 0.6 is 0 Å². The first kappa shape index (κ1) is 7.76. The smallest absolute Gasteiger partial charge is 0.0163 e. The van der Waals surface area contributed by atoms with Crippen LogP contribution < -0.4 is 5.73 Å². The van der Waals surface area contributed by atoms with Gasteiger partial charge in [0.2, 0.25) is 0 Å². The lowest BCUT2D eigenvalue weighted by Gasteiger charge is -2.36. The molecule has 0 bridgehead atoms. The van der Waals surface area contributed by atoms with Gasteiger partial charge in [0, 0.05) is 26.2 Å². The van der Waals surface area contributed by atoms with E-state index in [0.29, 0.717) is 6.54 Å². The second kappa shape index (κ2) is 3.74. The topological polar surface area (TPSA) is 29.3 Å². The number of nitrogens with zero attached hydrogens (tertiary/aromatic N) is 1. The molecule has 58 valence electrons. The molecule has 0 atom stereocenters. The highest BCUT2D eigenvalue weighted by atomic mass is 15.2. The summed E-state index contributed by atoms with van der Waals surface area (Å²) in [7, 11) is 0. The molecule has 0 amide bonds. The Morgan fingerprint density at radius 1 is 1.50 bits per heavy atom. The van der Waals surface area contributed by atoms with E-state index >= 15 is 0 Å². The van der Waals surface area contributed by atoms with E-state index in [9.17, 15) is 0 Å². The van der Waals surface area contributed by atoms with Crippen LogP contribution in [0.2, 0.25) is 0 Å². The second-order valence-corrected chi connectivity index (χ2v) is 3.03. The number of nitrogens with two attached hydrogens (primary N) is 1. The highest BCUT2D eigenvalue weighted by molar-refractivity contribution is 4.89. The summed E-state index contributed by atoms with van der Waals surface area (Å²) < 4.78 is 0. The summed E-state index contributed by atoms with van der Waals surface area (Å²) in [5.74, 6) is 0.909. The van der Waals surface area contributed by atoms with Gasteiger partial charge in [-0.2, -0.15) is 0 Å². The minimum atomic E-state index is 0.670. The number of hydrogen-bond donors (Lipinski definition) is 1. The minimum absolute atomic E-state index is 0.670. The van der Waals surface area contributed by atoms with E-state index in [0.717, 1.165) is 12.5 Å². The van der Waals surface area contributed by atoms with Crippen molar-refractivity contribution in [2.45, 2.75) is 6.92 Å². The quantitative estimate of drug-likeness (QED) is 0.577. The monoisotopic (exact) mass is 140 g/mol. The number of rotatable bonds is 3. The summed E-state index contributed by atoms with van der Waals surface area (Å²) in [6, 6.07) is 0. The maximum Gasteiger partial charge on any atom is 0.0163 e. The van der Waals surface area contributed by atoms with E-state index in [1.165, 1.54) is 13.1 Å². The van der Waals surface area contributed by atoms with E-state index in [4.69, 9.17) is 5.73 Å². The molecule has 2 heteroatoms. The van der Waals surface area contributed by atoms with Crippen LogP contribution in [-0.4, -0.2) is 31.1 Å². The third-order valence-electron chi connectivity index (χ3n) is 1.81. The van der Waals surface area contributed by atoms with Crippen LogP contribution in [0.1, 0.15) is 6.92 Å². The van der Waals surface area contributed by atoms with Crippen LogP contribution in [0, 0.1) is 5.92 Å². The van der Waals surface area contributed by atoms with Gasteiger partial charge in [0.15, 0.2) is 0 Å². The van der Waals surface area contributed by atoms with Crippen molar-refractivity contribution in [1.29, 1.82) is 0 Å². The van der Waals surface area contributed by atoms with E-state index in [1.807, 2.05) is 6.08 Å². The second-order valence-electron chi connectivity index (χ2n) is 3.03. The summed E-state index contributed by atoms with van der Waals surface area (Å²) in [5.41, 5.74) is 5.30. The van der Waals surface area contributed by atoms with Crippen LogP contribution in [0.15, 0.2) is 12.2 Å². The molecule has 0 aromatic heterocycles. The Balaban J connectivity index is 2.00. The molecule has 2 nitrogen and oxygen atoms in total. The predicted octanol–water partition coefficient (Wildman–Crippen LogP) is 0.453. The summed E-state index contributed by atoms with van der Waals surface area (Å²) in [6.07, 6.45) is 4.16. The third-order valence-corrected chi connectivity index (χ3v) is 1.81. The Hall–Kier alpha value is -0.340. The van der Waals surface area contributed by atoms with Crippen LogP contribution in [0.4, 0.5) is 0 Å². The fourth-order valence-electron chi connectivity index (χ4n) is 1.30. The van der Waals surface area contributed by atoms with Crippen molar-refractivity contribution in [3.63, 3.8) is 0 Å². The molecule has 10 heavy (non-hydrogen) atoms. The van der Waals surface area contributed by atoms with Crippen molar-refractivity contribution < 1.29 is 0 Å². The average molecular weight is 140 g/mol. The lowest BCUT2D eigenvalue weighted by Crippen LogP contribution is -2.44. The van der Waals surface area contributed by atoms with E-state index in [-0.39, 0.29) is 0 Å². The summed E-state index contributed by atoms with van der Waals surface area (Å²) in [5, 5.41) is 0. The molecule has 0 spiro atoms. The molecule has 0 aromatic carbocycles. The Kier molecular flexibility index (Phi) is 2.90. The molecule has 1 rings (SSSR count). The van der Waals surface area contributed by atoms with Crippen molar-refractivity contribution in [2.75, 3.05) is 26.2 Å². The lowest BCUT2D eigenvalue weighted by atomic mass is 10.0. The summed E-state index contributed by atoms with van der Waals surface area (Å²) >= 11 is 0. The normalized spacial score (nSPS) is 21.8. The van der Waals surface area contributed by atoms with Crippen molar-refractivity contribution >= 4 is 0 Å². The fraction of sp³-hybridized carbons (Fsp3) is 0.750. The molecule has 1 fully saturated rings. The third kappa shape index (κ3) is 2.12. The SMILES string of the molecule is CC1CN(C/C=C/CN)C1. The zero-order chi connectivity index (χ0) is 7.40. The molecule has 2 N–H and O–H groups in total. The summed E-state index contributed by atoms with van der Waals surface area (Å²) in [6.45, 7) is 6.55. The summed E-state index contributed by atoms with van der Waals surface area (Å²) in [4.78, 5) is 2.41. The van der Waals surface area contributed by atoms with Gasteiger partial charge in [-0.25, -0.2) is 0 Å². The predicted molar refractivity (Wildman–Crippen MR) is 43.8 cm³/mol. The molecular weight excluding hydrogens is 124 g/mol. The lowest BCUT2D eigenvalue weighted by molar-refractivity contribution is 0.129. The van der Waals surface area contributed by atoms with Gasteiger partial charge in [0.25, 0.3) is 0 Å². The van der Waals surface area contributed by atoms with Gasteiger partial charge in [-0.1, -0.05) is 19.1 Å². The molecule has 1 saturated heterocycles. The highest BCUT2D eigenvalue weighted by Crippen LogP contribution is 2.12. The van der Waals surface area contributed by atoms with Crippen LogP contribution in [-0.2, 0) is 0 Å². The van der Waals surface area contributed by atoms with E-state index in [2.05, 4.69) is 17.9 Å². The Labute approximate surface area is 62.7 Å². The zero-order valence-electron chi connectivity index (χ0n) is 6.59. The number of hydrogen-bond acceptors (Lipinski definition) is 2. The molecule has 0 radical (unpaired) electrons. The molecule has 0 unspecified atom stereocenters. The van der Waals surface area contributed by atoms with Crippen molar-refractivity contribution in [3.8, 4) is 0 Å². The van der Waals surface area contributed by atoms with Gasteiger partial charge in [-0.15, -0.1) is 0 Å². The van der Waals surface area contributed by atoms with E-state index < -0.39 is 0 Å². The van der Waals surface area contributed by atoms with Crippen LogP contribution in [0.3, 0.4) is 0 Å². The van der Waals surface area contributed by atoms with Crippen molar-refractivity contribution in [3.05, 3.63) is 12.2 Å². The van der Waals surface area contributed by atoms with E-state index in [1.54, 1.807) is 0 Å². The van der Waals surface area contributed by atoms with Crippen molar-refractivity contribution in [1.82, 2.24) is 4.90 Å². The maximum absolute atomic E-state index is 5.30. The van der Waals surface area contributed by atoms with Gasteiger partial charge in [0.1, 0.15) is 0 Å². The standard InChI is InChI=1S/C8H16N2/c1-8-6-10(7-8)5-3-2-4-9/h2-3,8H,4-7,9H2,1H3/b3-2+. The minimum Gasteiger partial charge on any atom is -0.327 e. The zero-order valence-corrected chi connectivity index (χ0v) is 6.59. The van der Waals surface area contributed by atoms with Crippen LogP contribution in [0.25, 0.3) is 0 Å². The van der Waals surface area contributed by atoms with Gasteiger partial charge in [-0.3, -0.25) is 4.90 Å².